The minimum atomic E-state index is -4.82. The summed E-state index contributed by atoms with van der Waals surface area (Å²) in [6, 6.07) is 6.55. The Kier molecular flexibility index (Phi) is 5.03. The maximum Gasteiger partial charge on any atom is 0.573 e. The van der Waals surface area contributed by atoms with E-state index in [0.717, 1.165) is 11.0 Å². The first-order chi connectivity index (χ1) is 16.0. The lowest BCUT2D eigenvalue weighted by molar-refractivity contribution is -0.274. The van der Waals surface area contributed by atoms with Crippen LogP contribution in [0, 0.1) is 17.6 Å². The van der Waals surface area contributed by atoms with E-state index in [2.05, 4.69) is 10.1 Å². The van der Waals surface area contributed by atoms with Gasteiger partial charge in [0.25, 0.3) is 0 Å². The van der Waals surface area contributed by atoms with Gasteiger partial charge in [-0.25, -0.2) is 13.6 Å². The van der Waals surface area contributed by atoms with Crippen LogP contribution in [0.2, 0.25) is 0 Å². The Morgan fingerprint density at radius 3 is 2.74 bits per heavy atom. The highest BCUT2D eigenvalue weighted by Crippen LogP contribution is 2.50. The minimum Gasteiger partial charge on any atom is -0.406 e. The number of anilines is 1. The SMILES string of the molecule is C[C@@H]1C=C(c2cccc(OC(F)(F)F)c2)[C@@H]2C1N2C(=O)CN1Cc2c(ccc(F)c2F)NC1=O.[HH]. The molecule has 2 aliphatic heterocycles. The van der Waals surface area contributed by atoms with Crippen molar-refractivity contribution in [1.82, 2.24) is 9.80 Å². The Morgan fingerprint density at radius 2 is 2.00 bits per heavy atom. The average molecular weight is 481 g/mol. The van der Waals surface area contributed by atoms with Gasteiger partial charge in [0.15, 0.2) is 11.6 Å². The molecule has 1 N–H and O–H groups in total. The summed E-state index contributed by atoms with van der Waals surface area (Å²) in [5, 5.41) is 2.45. The molecule has 2 aromatic carbocycles. The van der Waals surface area contributed by atoms with Gasteiger partial charge in [-0.05, 0) is 41.3 Å². The zero-order valence-corrected chi connectivity index (χ0v) is 17.7. The van der Waals surface area contributed by atoms with E-state index in [1.54, 1.807) is 11.0 Å². The zero-order chi connectivity index (χ0) is 24.4. The molecule has 3 atom stereocenters. The number of carbonyl (C=O) groups excluding carboxylic acids is 2. The third-order valence-electron chi connectivity index (χ3n) is 6.24. The molecule has 1 unspecified atom stereocenters. The number of hydrogen-bond donors (Lipinski definition) is 1. The molecule has 0 aromatic heterocycles. The van der Waals surface area contributed by atoms with Crippen LogP contribution in [0.5, 0.6) is 5.75 Å². The number of amides is 3. The number of nitrogens with zero attached hydrogens (tertiary/aromatic N) is 2. The quantitative estimate of drug-likeness (QED) is 0.506. The Bertz CT molecular complexity index is 1240. The first-order valence-corrected chi connectivity index (χ1v) is 10.5. The van der Waals surface area contributed by atoms with Gasteiger partial charge in [0.2, 0.25) is 5.91 Å². The van der Waals surface area contributed by atoms with Crippen LogP contribution in [0.25, 0.3) is 5.57 Å². The molecule has 0 spiro atoms. The molecule has 0 radical (unpaired) electrons. The van der Waals surface area contributed by atoms with E-state index in [-0.39, 0.29) is 49.5 Å². The van der Waals surface area contributed by atoms with Crippen molar-refractivity contribution >= 4 is 23.2 Å². The smallest absolute Gasteiger partial charge is 0.406 e. The first kappa shape index (κ1) is 22.2. The van der Waals surface area contributed by atoms with Crippen LogP contribution >= 0.6 is 0 Å². The first-order valence-electron chi connectivity index (χ1n) is 10.5. The van der Waals surface area contributed by atoms with Gasteiger partial charge in [0.1, 0.15) is 12.3 Å². The molecule has 3 amide bonds. The standard InChI is InChI=1S/C23H18F5N3O3.H2/c1-11-7-14(12-3-2-4-13(8-12)34-23(26,27)28)21-20(11)31(21)18(32)10-30-9-15-17(29-22(30)33)6-5-16(24)19(15)25;/h2-8,11,20-21H,9-10H2,1H3,(H,29,33);1H/t11-,20?,21-,31?;/m1./s1. The number of nitrogens with one attached hydrogen (secondary N) is 1. The molecular formula is C23H20F5N3O3. The Hall–Kier alpha value is -3.63. The normalized spacial score (nSPS) is 23.2. The van der Waals surface area contributed by atoms with E-state index < -0.39 is 29.9 Å². The van der Waals surface area contributed by atoms with Gasteiger partial charge in [-0.3, -0.25) is 4.79 Å². The minimum absolute atomic E-state index is 0. The van der Waals surface area contributed by atoms with E-state index >= 15 is 0 Å². The van der Waals surface area contributed by atoms with Crippen molar-refractivity contribution in [3.05, 3.63) is 65.2 Å². The van der Waals surface area contributed by atoms with Crippen LogP contribution in [0.3, 0.4) is 0 Å². The Labute approximate surface area is 192 Å². The molecule has 1 aliphatic carbocycles. The lowest BCUT2D eigenvalue weighted by Crippen LogP contribution is -2.44. The number of hydrogen-bond acceptors (Lipinski definition) is 3. The Morgan fingerprint density at radius 1 is 1.24 bits per heavy atom. The third kappa shape index (κ3) is 3.84. The zero-order valence-electron chi connectivity index (χ0n) is 17.7. The topological polar surface area (TPSA) is 61.7 Å². The molecule has 1 fully saturated rings. The molecule has 2 aromatic rings. The summed E-state index contributed by atoms with van der Waals surface area (Å²) in [6.07, 6.45) is -2.93. The van der Waals surface area contributed by atoms with Gasteiger partial charge in [0, 0.05) is 6.99 Å². The highest BCUT2D eigenvalue weighted by Gasteiger charge is 2.58. The van der Waals surface area contributed by atoms with Crippen LogP contribution in [-0.4, -0.2) is 46.7 Å². The van der Waals surface area contributed by atoms with E-state index in [4.69, 9.17) is 0 Å². The molecule has 11 heteroatoms. The van der Waals surface area contributed by atoms with E-state index in [1.165, 1.54) is 24.3 Å². The summed E-state index contributed by atoms with van der Waals surface area (Å²) in [5.41, 5.74) is 1.29. The number of fused-ring (bicyclic) bond motifs is 2. The summed E-state index contributed by atoms with van der Waals surface area (Å²) < 4.78 is 69.5. The van der Waals surface area contributed by atoms with E-state index in [9.17, 15) is 31.5 Å². The Balaban J connectivity index is 0.00000289. The predicted octanol–water partition coefficient (Wildman–Crippen LogP) is 4.77. The van der Waals surface area contributed by atoms with Crippen LogP contribution in [0.4, 0.5) is 32.4 Å². The fourth-order valence-corrected chi connectivity index (χ4v) is 4.76. The van der Waals surface area contributed by atoms with Crippen molar-refractivity contribution < 1.29 is 37.7 Å². The second kappa shape index (κ2) is 7.71. The fourth-order valence-electron chi connectivity index (χ4n) is 4.76. The van der Waals surface area contributed by atoms with Crippen molar-refractivity contribution in [1.29, 1.82) is 0 Å². The van der Waals surface area contributed by atoms with Gasteiger partial charge in [-0.1, -0.05) is 25.1 Å². The molecule has 2 heterocycles. The molecule has 34 heavy (non-hydrogen) atoms. The largest absolute Gasteiger partial charge is 0.573 e. The van der Waals surface area contributed by atoms with Crippen LogP contribution in [0.15, 0.2) is 42.5 Å². The number of benzene rings is 2. The van der Waals surface area contributed by atoms with Crippen molar-refractivity contribution in [3.8, 4) is 5.75 Å². The van der Waals surface area contributed by atoms with Gasteiger partial charge in [-0.15, -0.1) is 13.2 Å². The average Bonchev–Trinajstić information content (AvgIpc) is 3.41. The maximum absolute atomic E-state index is 14.2. The maximum atomic E-state index is 14.2. The second-order valence-corrected chi connectivity index (χ2v) is 8.47. The molecule has 0 saturated carbocycles. The number of rotatable bonds is 4. The van der Waals surface area contributed by atoms with Crippen molar-refractivity contribution in [2.24, 2.45) is 5.92 Å². The van der Waals surface area contributed by atoms with Gasteiger partial charge < -0.3 is 19.9 Å². The molecule has 3 aliphatic rings. The van der Waals surface area contributed by atoms with Crippen LogP contribution in [-0.2, 0) is 11.3 Å². The lowest BCUT2D eigenvalue weighted by Gasteiger charge is -2.29. The number of ether oxygens (including phenoxy) is 1. The number of alkyl halides is 3. The summed E-state index contributed by atoms with van der Waals surface area (Å²) in [5.74, 6) is -2.96. The van der Waals surface area contributed by atoms with Gasteiger partial charge >= 0.3 is 12.4 Å². The van der Waals surface area contributed by atoms with Crippen molar-refractivity contribution in [3.63, 3.8) is 0 Å². The molecule has 1 saturated heterocycles. The van der Waals surface area contributed by atoms with Crippen molar-refractivity contribution in [2.75, 3.05) is 11.9 Å². The highest BCUT2D eigenvalue weighted by molar-refractivity contribution is 5.96. The van der Waals surface area contributed by atoms with Gasteiger partial charge in [-0.2, -0.15) is 0 Å². The number of urea groups is 1. The summed E-state index contributed by atoms with van der Waals surface area (Å²) in [6.45, 7) is 1.26. The van der Waals surface area contributed by atoms with Crippen LogP contribution in [0.1, 0.15) is 19.5 Å². The molecular weight excluding hydrogens is 461 g/mol. The van der Waals surface area contributed by atoms with Crippen LogP contribution < -0.4 is 10.1 Å². The third-order valence-corrected chi connectivity index (χ3v) is 6.24. The monoisotopic (exact) mass is 481 g/mol. The predicted molar refractivity (Wildman–Crippen MR) is 113 cm³/mol. The summed E-state index contributed by atoms with van der Waals surface area (Å²) in [7, 11) is 0. The molecule has 0 bridgehead atoms. The lowest BCUT2D eigenvalue weighted by atomic mass is 10.0. The van der Waals surface area contributed by atoms with Gasteiger partial charge in [0.05, 0.1) is 24.3 Å². The van der Waals surface area contributed by atoms with E-state index in [1.807, 2.05) is 13.0 Å². The fraction of sp³-hybridized carbons (Fsp3) is 0.304. The highest BCUT2D eigenvalue weighted by atomic mass is 19.4. The second-order valence-electron chi connectivity index (χ2n) is 8.47. The summed E-state index contributed by atoms with van der Waals surface area (Å²) >= 11 is 0. The summed E-state index contributed by atoms with van der Waals surface area (Å²) in [4.78, 5) is 28.0. The van der Waals surface area contributed by atoms with Crippen molar-refractivity contribution in [2.45, 2.75) is 31.9 Å². The molecule has 180 valence electrons. The number of halogens is 5. The molecule has 5 rings (SSSR count). The van der Waals surface area contributed by atoms with E-state index in [0.29, 0.717) is 11.1 Å². The number of carbonyl (C=O) groups is 2. The molecule has 6 nitrogen and oxygen atoms in total.